The molecule has 4 rings (SSSR count). The first-order chi connectivity index (χ1) is 17.5. The Morgan fingerprint density at radius 1 is 0.972 bits per heavy atom. The van der Waals surface area contributed by atoms with Crippen LogP contribution in [-0.2, 0) is 6.42 Å². The van der Waals surface area contributed by atoms with Gasteiger partial charge in [-0.3, -0.25) is 4.98 Å². The molecule has 0 aliphatic carbocycles. The average molecular weight is 507 g/mol. The minimum absolute atomic E-state index is 0.0410. The van der Waals surface area contributed by atoms with Gasteiger partial charge in [0, 0.05) is 19.3 Å². The van der Waals surface area contributed by atoms with Crippen LogP contribution in [0.5, 0.6) is 0 Å². The van der Waals surface area contributed by atoms with Crippen LogP contribution < -0.4 is 10.6 Å². The van der Waals surface area contributed by atoms with E-state index in [0.717, 1.165) is 50.6 Å². The molecule has 2 atom stereocenters. The van der Waals surface area contributed by atoms with Crippen molar-refractivity contribution in [2.75, 3.05) is 30.4 Å². The Labute approximate surface area is 215 Å². The third-order valence-corrected chi connectivity index (χ3v) is 7.39. The highest BCUT2D eigenvalue weighted by atomic mass is 32.1. The lowest BCUT2D eigenvalue weighted by Gasteiger charge is -2.19. The van der Waals surface area contributed by atoms with Gasteiger partial charge in [0.05, 0.1) is 34.3 Å². The lowest BCUT2D eigenvalue weighted by molar-refractivity contribution is 0.217. The molecule has 0 radical (unpaired) electrons. The lowest BCUT2D eigenvalue weighted by atomic mass is 10.0. The van der Waals surface area contributed by atoms with Crippen molar-refractivity contribution in [1.82, 2.24) is 19.9 Å². The molecule has 8 nitrogen and oxygen atoms in total. The van der Waals surface area contributed by atoms with Crippen LogP contribution in [0.3, 0.4) is 0 Å². The third kappa shape index (κ3) is 6.16. The minimum atomic E-state index is -0.222. The number of fused-ring (bicyclic) bond motifs is 1. The van der Waals surface area contributed by atoms with Crippen molar-refractivity contribution in [3.05, 3.63) is 59.5 Å². The number of hydrogen-bond acceptors (Lipinski definition) is 9. The molecule has 3 heterocycles. The lowest BCUT2D eigenvalue weighted by Crippen LogP contribution is -2.28. The van der Waals surface area contributed by atoms with Crippen molar-refractivity contribution in [1.29, 1.82) is 0 Å². The summed E-state index contributed by atoms with van der Waals surface area (Å²) in [6.45, 7) is 6.80. The van der Waals surface area contributed by atoms with E-state index in [2.05, 4.69) is 22.5 Å². The van der Waals surface area contributed by atoms with E-state index in [-0.39, 0.29) is 25.2 Å². The van der Waals surface area contributed by atoms with E-state index in [1.54, 1.807) is 17.5 Å². The number of thiazole rings is 1. The van der Waals surface area contributed by atoms with Gasteiger partial charge in [0.25, 0.3) is 0 Å². The van der Waals surface area contributed by atoms with E-state index in [0.29, 0.717) is 24.7 Å². The van der Waals surface area contributed by atoms with Gasteiger partial charge in [-0.05, 0) is 44.2 Å². The molecule has 4 N–H and O–H groups in total. The summed E-state index contributed by atoms with van der Waals surface area (Å²) in [5.74, 6) is 1.39. The normalized spacial score (nSPS) is 13.0. The predicted molar refractivity (Wildman–Crippen MR) is 147 cm³/mol. The zero-order chi connectivity index (χ0) is 25.5. The summed E-state index contributed by atoms with van der Waals surface area (Å²) in [7, 11) is 0. The van der Waals surface area contributed by atoms with Gasteiger partial charge in [-0.25, -0.2) is 9.97 Å². The molecule has 3 aromatic heterocycles. The fraction of sp³-hybridized carbons (Fsp3) is 0.407. The molecule has 9 heteroatoms. The van der Waals surface area contributed by atoms with Crippen LogP contribution in [-0.4, -0.2) is 55.9 Å². The van der Waals surface area contributed by atoms with E-state index >= 15 is 0 Å². The van der Waals surface area contributed by atoms with Gasteiger partial charge in [0.1, 0.15) is 16.3 Å². The minimum Gasteiger partial charge on any atom is -0.396 e. The summed E-state index contributed by atoms with van der Waals surface area (Å²) in [5, 5.41) is 27.2. The molecule has 0 amide bonds. The van der Waals surface area contributed by atoms with Gasteiger partial charge in [0.15, 0.2) is 0 Å². The number of hydrogen-bond donors (Lipinski definition) is 4. The predicted octanol–water partition coefficient (Wildman–Crippen LogP) is 4.60. The van der Waals surface area contributed by atoms with E-state index in [1.807, 2.05) is 50.2 Å². The first-order valence-corrected chi connectivity index (χ1v) is 13.2. The van der Waals surface area contributed by atoms with Crippen molar-refractivity contribution in [3.63, 3.8) is 0 Å². The molecule has 0 aliphatic heterocycles. The summed E-state index contributed by atoms with van der Waals surface area (Å²) in [4.78, 5) is 18.8. The van der Waals surface area contributed by atoms with Gasteiger partial charge in [0.2, 0.25) is 5.95 Å². The molecule has 0 spiro atoms. The standard InChI is InChI=1S/C27H34N6O2S/c1-4-19(15-34)10-12-29-25-23(26-32-24-18(3)28-13-11-22(24)36-26)17(2)30-27(33-25)31-21(16-35)14-20-8-6-5-7-9-20/h5-9,11,13,19,21,34-35H,4,10,12,14-16H2,1-3H3,(H2,29,30,31,33). The molecule has 0 saturated carbocycles. The number of aliphatic hydroxyl groups is 2. The van der Waals surface area contributed by atoms with E-state index in [1.165, 1.54) is 0 Å². The maximum absolute atomic E-state index is 10.0. The van der Waals surface area contributed by atoms with E-state index < -0.39 is 0 Å². The highest BCUT2D eigenvalue weighted by Gasteiger charge is 2.20. The SMILES string of the molecule is CCC(CO)CCNc1nc(NC(CO)Cc2ccccc2)nc(C)c1-c1nc2c(C)nccc2s1. The Bertz CT molecular complexity index is 1280. The average Bonchev–Trinajstić information content (AvgIpc) is 3.32. The summed E-state index contributed by atoms with van der Waals surface area (Å²) in [6.07, 6.45) is 4.21. The van der Waals surface area contributed by atoms with E-state index in [9.17, 15) is 10.2 Å². The third-order valence-electron chi connectivity index (χ3n) is 6.35. The topological polar surface area (TPSA) is 116 Å². The van der Waals surface area contributed by atoms with Crippen molar-refractivity contribution < 1.29 is 10.2 Å². The van der Waals surface area contributed by atoms with Crippen LogP contribution in [0.2, 0.25) is 0 Å². The second-order valence-corrected chi connectivity index (χ2v) is 10.0. The molecule has 4 aromatic rings. The van der Waals surface area contributed by atoms with E-state index in [4.69, 9.17) is 15.0 Å². The number of aromatic nitrogens is 4. The highest BCUT2D eigenvalue weighted by molar-refractivity contribution is 7.21. The van der Waals surface area contributed by atoms with Gasteiger partial charge >= 0.3 is 0 Å². The van der Waals surface area contributed by atoms with Crippen LogP contribution >= 0.6 is 11.3 Å². The Hall–Kier alpha value is -3.14. The molecule has 2 unspecified atom stereocenters. The number of rotatable bonds is 12. The highest BCUT2D eigenvalue weighted by Crippen LogP contribution is 2.36. The first kappa shape index (κ1) is 25.9. The first-order valence-electron chi connectivity index (χ1n) is 12.4. The molecule has 0 saturated heterocycles. The molecule has 0 fully saturated rings. The second-order valence-electron chi connectivity index (χ2n) is 9.00. The fourth-order valence-corrected chi connectivity index (χ4v) is 5.28. The maximum Gasteiger partial charge on any atom is 0.225 e. The smallest absolute Gasteiger partial charge is 0.225 e. The maximum atomic E-state index is 10.0. The van der Waals surface area contributed by atoms with Gasteiger partial charge < -0.3 is 20.8 Å². The van der Waals surface area contributed by atoms with Crippen molar-refractivity contribution >= 4 is 33.3 Å². The van der Waals surface area contributed by atoms with Crippen molar-refractivity contribution in [2.45, 2.75) is 46.1 Å². The molecule has 0 bridgehead atoms. The number of benzene rings is 1. The Balaban J connectivity index is 1.66. The summed E-state index contributed by atoms with van der Waals surface area (Å²) in [5.41, 5.74) is 4.57. The van der Waals surface area contributed by atoms with Crippen molar-refractivity contribution in [3.8, 4) is 10.6 Å². The quantitative estimate of drug-likeness (QED) is 0.220. The Morgan fingerprint density at radius 3 is 2.47 bits per heavy atom. The van der Waals surface area contributed by atoms with Gasteiger partial charge in [-0.1, -0.05) is 43.7 Å². The Morgan fingerprint density at radius 2 is 1.78 bits per heavy atom. The van der Waals surface area contributed by atoms with Crippen LogP contribution in [0, 0.1) is 19.8 Å². The van der Waals surface area contributed by atoms with Gasteiger partial charge in [-0.2, -0.15) is 4.98 Å². The summed E-state index contributed by atoms with van der Waals surface area (Å²) >= 11 is 1.60. The molecular weight excluding hydrogens is 472 g/mol. The molecule has 36 heavy (non-hydrogen) atoms. The number of aliphatic hydroxyl groups excluding tert-OH is 2. The molecule has 0 aliphatic rings. The van der Waals surface area contributed by atoms with Crippen LogP contribution in [0.4, 0.5) is 11.8 Å². The largest absolute Gasteiger partial charge is 0.396 e. The number of nitrogens with zero attached hydrogens (tertiary/aromatic N) is 4. The molecule has 1 aromatic carbocycles. The summed E-state index contributed by atoms with van der Waals surface area (Å²) < 4.78 is 1.07. The van der Waals surface area contributed by atoms with Crippen molar-refractivity contribution in [2.24, 2.45) is 5.92 Å². The zero-order valence-corrected chi connectivity index (χ0v) is 21.8. The van der Waals surface area contributed by atoms with Crippen LogP contribution in [0.15, 0.2) is 42.6 Å². The monoisotopic (exact) mass is 506 g/mol. The number of nitrogens with one attached hydrogen (secondary N) is 2. The molecule has 190 valence electrons. The fourth-order valence-electron chi connectivity index (χ4n) is 4.17. The number of aryl methyl sites for hydroxylation is 2. The second kappa shape index (κ2) is 12.2. The number of anilines is 2. The van der Waals surface area contributed by atoms with Crippen LogP contribution in [0.25, 0.3) is 20.8 Å². The van der Waals surface area contributed by atoms with Crippen LogP contribution in [0.1, 0.15) is 36.7 Å². The Kier molecular flexibility index (Phi) is 8.79. The summed E-state index contributed by atoms with van der Waals surface area (Å²) in [6, 6.07) is 11.8. The van der Waals surface area contributed by atoms with Gasteiger partial charge in [-0.15, -0.1) is 11.3 Å². The zero-order valence-electron chi connectivity index (χ0n) is 21.0. The molecular formula is C27H34N6O2S. The number of pyridine rings is 1.